The summed E-state index contributed by atoms with van der Waals surface area (Å²) in [6.45, 7) is 8.34. The van der Waals surface area contributed by atoms with E-state index < -0.39 is 6.04 Å². The van der Waals surface area contributed by atoms with Gasteiger partial charge in [-0.1, -0.05) is 46.2 Å². The summed E-state index contributed by atoms with van der Waals surface area (Å²) in [5.74, 6) is 0.0137. The number of hydrogen-bond acceptors (Lipinski definition) is 5. The monoisotopic (exact) mass is 419 g/mol. The molecule has 0 aromatic heterocycles. The second-order valence-electron chi connectivity index (χ2n) is 8.25. The van der Waals surface area contributed by atoms with Crippen molar-refractivity contribution in [3.8, 4) is 5.75 Å². The summed E-state index contributed by atoms with van der Waals surface area (Å²) in [6, 6.07) is 6.07. The molecule has 0 aliphatic rings. The smallest absolute Gasteiger partial charge is 0.242 e. The molecule has 2 amide bonds. The van der Waals surface area contributed by atoms with E-state index in [-0.39, 0.29) is 41.9 Å². The number of carbonyl (C=O) groups is 3. The van der Waals surface area contributed by atoms with Crippen molar-refractivity contribution >= 4 is 17.6 Å². The van der Waals surface area contributed by atoms with Crippen LogP contribution in [0.15, 0.2) is 24.3 Å². The van der Waals surface area contributed by atoms with E-state index in [0.29, 0.717) is 19.4 Å². The number of Topliss-reactive ketones (excluding diaryl/α,β-unsaturated/α-hetero) is 1. The first-order chi connectivity index (χ1) is 14.2. The zero-order valence-corrected chi connectivity index (χ0v) is 18.7. The number of amides is 2. The molecule has 7 nitrogen and oxygen atoms in total. The van der Waals surface area contributed by atoms with E-state index in [1.807, 2.05) is 27.7 Å². The fourth-order valence-corrected chi connectivity index (χ4v) is 2.84. The summed E-state index contributed by atoms with van der Waals surface area (Å²) in [4.78, 5) is 36.5. The summed E-state index contributed by atoms with van der Waals surface area (Å²) in [5.41, 5.74) is 0.845. The molecule has 0 unspecified atom stereocenters. The highest BCUT2D eigenvalue weighted by Crippen LogP contribution is 2.11. The maximum absolute atomic E-state index is 12.7. The number of hydrogen-bond donors (Lipinski definition) is 4. The lowest BCUT2D eigenvalue weighted by Crippen LogP contribution is -2.50. The Labute approximate surface area is 180 Å². The van der Waals surface area contributed by atoms with Crippen molar-refractivity contribution in [1.29, 1.82) is 0 Å². The minimum Gasteiger partial charge on any atom is -0.508 e. The molecule has 1 atom stereocenters. The van der Waals surface area contributed by atoms with Gasteiger partial charge in [0, 0.05) is 31.3 Å². The fourth-order valence-electron chi connectivity index (χ4n) is 2.84. The molecule has 30 heavy (non-hydrogen) atoms. The van der Waals surface area contributed by atoms with Crippen molar-refractivity contribution in [2.75, 3.05) is 13.1 Å². The second-order valence-corrected chi connectivity index (χ2v) is 8.25. The molecule has 1 aromatic carbocycles. The quantitative estimate of drug-likeness (QED) is 0.346. The molecule has 0 saturated heterocycles. The van der Waals surface area contributed by atoms with Crippen molar-refractivity contribution in [2.45, 2.75) is 71.9 Å². The summed E-state index contributed by atoms with van der Waals surface area (Å²) in [5, 5.41) is 18.2. The maximum atomic E-state index is 12.7. The Hall–Kier alpha value is -2.41. The molecule has 0 spiro atoms. The average Bonchev–Trinajstić information content (AvgIpc) is 2.69. The Balaban J connectivity index is 2.53. The highest BCUT2D eigenvalue weighted by atomic mass is 16.3. The van der Waals surface area contributed by atoms with Gasteiger partial charge in [-0.2, -0.15) is 0 Å². The minimum absolute atomic E-state index is 0.0687. The Kier molecular flexibility index (Phi) is 11.7. The third kappa shape index (κ3) is 11.0. The van der Waals surface area contributed by atoms with Crippen LogP contribution in [0.5, 0.6) is 5.75 Å². The van der Waals surface area contributed by atoms with E-state index in [4.69, 9.17) is 0 Å². The van der Waals surface area contributed by atoms with Crippen LogP contribution in [0.2, 0.25) is 0 Å². The molecule has 0 bridgehead atoms. The van der Waals surface area contributed by atoms with Crippen LogP contribution in [0.4, 0.5) is 0 Å². The number of unbranched alkanes of at least 4 members (excludes halogenated alkanes) is 2. The summed E-state index contributed by atoms with van der Waals surface area (Å²) < 4.78 is 0. The largest absolute Gasteiger partial charge is 0.508 e. The van der Waals surface area contributed by atoms with Crippen molar-refractivity contribution in [3.05, 3.63) is 29.8 Å². The van der Waals surface area contributed by atoms with Crippen LogP contribution >= 0.6 is 0 Å². The number of benzene rings is 1. The first-order valence-corrected chi connectivity index (χ1v) is 10.8. The highest BCUT2D eigenvalue weighted by molar-refractivity contribution is 5.88. The molecule has 0 fully saturated rings. The lowest BCUT2D eigenvalue weighted by molar-refractivity contribution is -0.128. The van der Waals surface area contributed by atoms with E-state index in [0.717, 1.165) is 24.8 Å². The maximum Gasteiger partial charge on any atom is 0.242 e. The number of phenols is 1. The van der Waals surface area contributed by atoms with Gasteiger partial charge in [0.25, 0.3) is 0 Å². The normalized spacial score (nSPS) is 12.1. The predicted molar refractivity (Wildman–Crippen MR) is 118 cm³/mol. The van der Waals surface area contributed by atoms with Gasteiger partial charge in [0.15, 0.2) is 0 Å². The van der Waals surface area contributed by atoms with Gasteiger partial charge in [0.2, 0.25) is 11.8 Å². The number of carbonyl (C=O) groups excluding carboxylic acids is 3. The van der Waals surface area contributed by atoms with Gasteiger partial charge < -0.3 is 21.1 Å². The predicted octanol–water partition coefficient (Wildman–Crippen LogP) is 2.32. The third-order valence-corrected chi connectivity index (χ3v) is 4.74. The van der Waals surface area contributed by atoms with Crippen LogP contribution in [-0.4, -0.2) is 47.9 Å². The first kappa shape index (κ1) is 25.6. The van der Waals surface area contributed by atoms with Crippen molar-refractivity contribution < 1.29 is 19.5 Å². The van der Waals surface area contributed by atoms with E-state index in [1.54, 1.807) is 24.3 Å². The standard InChI is InChI=1S/C23H37N3O4/c1-16(2)21(28)8-6-5-7-13-24-23(30)20(26-22(29)15-25-17(3)4)14-18-9-11-19(27)12-10-18/h9-12,16-17,20,25,27H,5-8,13-15H2,1-4H3,(H,24,30)(H,26,29)/t20-/m0/s1. The number of aromatic hydroxyl groups is 1. The average molecular weight is 420 g/mol. The van der Waals surface area contributed by atoms with Crippen LogP contribution < -0.4 is 16.0 Å². The van der Waals surface area contributed by atoms with Crippen molar-refractivity contribution in [3.63, 3.8) is 0 Å². The first-order valence-electron chi connectivity index (χ1n) is 10.8. The summed E-state index contributed by atoms with van der Waals surface area (Å²) in [6.07, 6.45) is 3.38. The van der Waals surface area contributed by atoms with Gasteiger partial charge >= 0.3 is 0 Å². The molecule has 1 aromatic rings. The lowest BCUT2D eigenvalue weighted by atomic mass is 10.0. The molecular weight excluding hydrogens is 382 g/mol. The SMILES string of the molecule is CC(C)NCC(=O)N[C@@H](Cc1ccc(O)cc1)C(=O)NCCCCCC(=O)C(C)C. The van der Waals surface area contributed by atoms with E-state index in [1.165, 1.54) is 0 Å². The van der Waals surface area contributed by atoms with Crippen molar-refractivity contribution in [1.82, 2.24) is 16.0 Å². The van der Waals surface area contributed by atoms with E-state index in [2.05, 4.69) is 16.0 Å². The molecule has 1 rings (SSSR count). The zero-order valence-electron chi connectivity index (χ0n) is 18.7. The Bertz CT molecular complexity index is 672. The van der Waals surface area contributed by atoms with Crippen LogP contribution in [0.1, 0.15) is 58.9 Å². The van der Waals surface area contributed by atoms with Crippen LogP contribution in [0, 0.1) is 5.92 Å². The van der Waals surface area contributed by atoms with E-state index >= 15 is 0 Å². The third-order valence-electron chi connectivity index (χ3n) is 4.74. The minimum atomic E-state index is -0.696. The van der Waals surface area contributed by atoms with Gasteiger partial charge in [0.05, 0.1) is 6.54 Å². The molecule has 168 valence electrons. The molecule has 0 radical (unpaired) electrons. The van der Waals surface area contributed by atoms with Gasteiger partial charge in [-0.3, -0.25) is 14.4 Å². The van der Waals surface area contributed by atoms with Gasteiger partial charge in [-0.25, -0.2) is 0 Å². The Morgan fingerprint density at radius 2 is 1.63 bits per heavy atom. The molecule has 0 heterocycles. The Morgan fingerprint density at radius 1 is 0.967 bits per heavy atom. The second kappa shape index (κ2) is 13.7. The molecule has 4 N–H and O–H groups in total. The van der Waals surface area contributed by atoms with Gasteiger partial charge in [-0.15, -0.1) is 0 Å². The summed E-state index contributed by atoms with van der Waals surface area (Å²) >= 11 is 0. The zero-order chi connectivity index (χ0) is 22.5. The highest BCUT2D eigenvalue weighted by Gasteiger charge is 2.21. The van der Waals surface area contributed by atoms with Gasteiger partial charge in [0.1, 0.15) is 17.6 Å². The number of phenolic OH excluding ortho intramolecular Hbond substituents is 1. The molecule has 0 saturated carbocycles. The number of rotatable bonds is 14. The van der Waals surface area contributed by atoms with Crippen LogP contribution in [0.3, 0.4) is 0 Å². The van der Waals surface area contributed by atoms with Crippen molar-refractivity contribution in [2.24, 2.45) is 5.92 Å². The number of ketones is 1. The van der Waals surface area contributed by atoms with Crippen LogP contribution in [0.25, 0.3) is 0 Å². The molecule has 7 heteroatoms. The Morgan fingerprint density at radius 3 is 2.23 bits per heavy atom. The molecule has 0 aliphatic heterocycles. The number of nitrogens with one attached hydrogen (secondary N) is 3. The summed E-state index contributed by atoms with van der Waals surface area (Å²) in [7, 11) is 0. The fraction of sp³-hybridized carbons (Fsp3) is 0.609. The van der Waals surface area contributed by atoms with E-state index in [9.17, 15) is 19.5 Å². The van der Waals surface area contributed by atoms with Gasteiger partial charge in [-0.05, 0) is 30.5 Å². The molecule has 0 aliphatic carbocycles. The van der Waals surface area contributed by atoms with Crippen LogP contribution in [-0.2, 0) is 20.8 Å². The molecular formula is C23H37N3O4. The lowest BCUT2D eigenvalue weighted by Gasteiger charge is -2.19. The topological polar surface area (TPSA) is 108 Å².